The van der Waals surface area contributed by atoms with E-state index in [1.54, 1.807) is 30.1 Å². The van der Waals surface area contributed by atoms with E-state index in [1.807, 2.05) is 31.2 Å². The van der Waals surface area contributed by atoms with Crippen molar-refractivity contribution in [3.63, 3.8) is 0 Å². The number of H-pyrrole nitrogens is 1. The molecule has 0 saturated heterocycles. The molecule has 0 aliphatic heterocycles. The van der Waals surface area contributed by atoms with Gasteiger partial charge in [-0.15, -0.1) is 0 Å². The number of nitrogens with zero attached hydrogens (tertiary/aromatic N) is 2. The lowest BCUT2D eigenvalue weighted by molar-refractivity contribution is 0.0955. The van der Waals surface area contributed by atoms with Gasteiger partial charge in [-0.3, -0.25) is 4.79 Å². The topological polar surface area (TPSA) is 88.6 Å². The van der Waals surface area contributed by atoms with Gasteiger partial charge in [-0.2, -0.15) is 5.10 Å². The zero-order chi connectivity index (χ0) is 22.2. The SMILES string of the molecule is CCCOc1ccc(/C=N\NC(=O)c2ccc3nc(SC(C)C)[nH]c3c2)cc1OCC. The van der Waals surface area contributed by atoms with Crippen molar-refractivity contribution < 1.29 is 14.3 Å². The van der Waals surface area contributed by atoms with Crippen LogP contribution in [0.15, 0.2) is 46.7 Å². The van der Waals surface area contributed by atoms with Crippen LogP contribution in [0.2, 0.25) is 0 Å². The molecular formula is C23H28N4O3S. The van der Waals surface area contributed by atoms with Crippen LogP contribution in [0.25, 0.3) is 11.0 Å². The molecule has 0 fully saturated rings. The highest BCUT2D eigenvalue weighted by Gasteiger charge is 2.10. The summed E-state index contributed by atoms with van der Waals surface area (Å²) in [6.45, 7) is 9.36. The third-order valence-electron chi connectivity index (χ3n) is 4.18. The molecule has 164 valence electrons. The molecular weight excluding hydrogens is 412 g/mol. The predicted octanol–water partition coefficient (Wildman–Crippen LogP) is 5.01. The first-order chi connectivity index (χ1) is 15.0. The fourth-order valence-corrected chi connectivity index (χ4v) is 3.61. The summed E-state index contributed by atoms with van der Waals surface area (Å²) < 4.78 is 11.4. The molecule has 31 heavy (non-hydrogen) atoms. The summed E-state index contributed by atoms with van der Waals surface area (Å²) in [6.07, 6.45) is 2.50. The van der Waals surface area contributed by atoms with Crippen molar-refractivity contribution in [1.82, 2.24) is 15.4 Å². The van der Waals surface area contributed by atoms with E-state index < -0.39 is 0 Å². The normalized spacial score (nSPS) is 11.4. The van der Waals surface area contributed by atoms with Gasteiger partial charge in [-0.1, -0.05) is 32.5 Å². The third-order valence-corrected chi connectivity index (χ3v) is 5.07. The van der Waals surface area contributed by atoms with Gasteiger partial charge in [-0.05, 0) is 55.3 Å². The number of fused-ring (bicyclic) bond motifs is 1. The zero-order valence-electron chi connectivity index (χ0n) is 18.3. The molecule has 0 bridgehead atoms. The van der Waals surface area contributed by atoms with Gasteiger partial charge in [0.15, 0.2) is 16.7 Å². The van der Waals surface area contributed by atoms with Gasteiger partial charge in [-0.25, -0.2) is 10.4 Å². The summed E-state index contributed by atoms with van der Waals surface area (Å²) in [5, 5.41) is 5.35. The van der Waals surface area contributed by atoms with Crippen molar-refractivity contribution >= 4 is 34.9 Å². The molecule has 0 aliphatic rings. The molecule has 2 N–H and O–H groups in total. The van der Waals surface area contributed by atoms with Crippen LogP contribution < -0.4 is 14.9 Å². The van der Waals surface area contributed by atoms with Crippen LogP contribution >= 0.6 is 11.8 Å². The van der Waals surface area contributed by atoms with Crippen LogP contribution in [0.1, 0.15) is 50.0 Å². The highest BCUT2D eigenvalue weighted by Crippen LogP contribution is 2.28. The number of rotatable bonds is 10. The van der Waals surface area contributed by atoms with Crippen molar-refractivity contribution in [3.05, 3.63) is 47.5 Å². The molecule has 3 aromatic rings. The van der Waals surface area contributed by atoms with Crippen molar-refractivity contribution in [1.29, 1.82) is 0 Å². The maximum absolute atomic E-state index is 12.5. The van der Waals surface area contributed by atoms with Crippen molar-refractivity contribution in [3.8, 4) is 11.5 Å². The number of nitrogens with one attached hydrogen (secondary N) is 2. The number of aromatic nitrogens is 2. The number of hydrogen-bond acceptors (Lipinski definition) is 6. The summed E-state index contributed by atoms with van der Waals surface area (Å²) >= 11 is 1.65. The number of aromatic amines is 1. The van der Waals surface area contributed by atoms with Gasteiger partial charge < -0.3 is 14.5 Å². The Labute approximate surface area is 186 Å². The van der Waals surface area contributed by atoms with E-state index in [0.29, 0.717) is 35.5 Å². The van der Waals surface area contributed by atoms with Crippen LogP contribution in [0.4, 0.5) is 0 Å². The number of carbonyl (C=O) groups excluding carboxylic acids is 1. The fraction of sp³-hybridized carbons (Fsp3) is 0.348. The summed E-state index contributed by atoms with van der Waals surface area (Å²) in [4.78, 5) is 20.3. The number of hydrazone groups is 1. The Morgan fingerprint density at radius 1 is 1.19 bits per heavy atom. The van der Waals surface area contributed by atoms with Crippen LogP contribution in [0, 0.1) is 0 Å². The number of imidazole rings is 1. The minimum atomic E-state index is -0.293. The molecule has 1 aromatic heterocycles. The predicted molar refractivity (Wildman–Crippen MR) is 126 cm³/mol. The Kier molecular flexibility index (Phi) is 7.94. The zero-order valence-corrected chi connectivity index (χ0v) is 19.1. The van der Waals surface area contributed by atoms with Gasteiger partial charge in [0, 0.05) is 10.8 Å². The maximum atomic E-state index is 12.5. The van der Waals surface area contributed by atoms with Gasteiger partial charge in [0.25, 0.3) is 5.91 Å². The molecule has 3 rings (SSSR count). The van der Waals surface area contributed by atoms with E-state index in [0.717, 1.165) is 28.2 Å². The molecule has 0 spiro atoms. The van der Waals surface area contributed by atoms with Crippen LogP contribution in [0.3, 0.4) is 0 Å². The monoisotopic (exact) mass is 440 g/mol. The van der Waals surface area contributed by atoms with E-state index in [4.69, 9.17) is 9.47 Å². The number of hydrogen-bond donors (Lipinski definition) is 2. The molecule has 0 unspecified atom stereocenters. The smallest absolute Gasteiger partial charge is 0.271 e. The molecule has 2 aromatic carbocycles. The van der Waals surface area contributed by atoms with E-state index in [1.165, 1.54) is 0 Å². The lowest BCUT2D eigenvalue weighted by Gasteiger charge is -2.11. The van der Waals surface area contributed by atoms with Crippen LogP contribution in [0.5, 0.6) is 11.5 Å². The van der Waals surface area contributed by atoms with Crippen molar-refractivity contribution in [2.24, 2.45) is 5.10 Å². The maximum Gasteiger partial charge on any atom is 0.271 e. The van der Waals surface area contributed by atoms with Gasteiger partial charge in [0.1, 0.15) is 0 Å². The number of benzene rings is 2. The van der Waals surface area contributed by atoms with Crippen LogP contribution in [-0.2, 0) is 0 Å². The van der Waals surface area contributed by atoms with E-state index >= 15 is 0 Å². The second-order valence-corrected chi connectivity index (χ2v) is 8.69. The van der Waals surface area contributed by atoms with Gasteiger partial charge >= 0.3 is 0 Å². The van der Waals surface area contributed by atoms with Gasteiger partial charge in [0.05, 0.1) is 30.5 Å². The highest BCUT2D eigenvalue weighted by molar-refractivity contribution is 7.99. The lowest BCUT2D eigenvalue weighted by atomic mass is 10.2. The van der Waals surface area contributed by atoms with Crippen molar-refractivity contribution in [2.45, 2.75) is 44.5 Å². The molecule has 1 heterocycles. The number of thioether (sulfide) groups is 1. The molecule has 1 amide bonds. The molecule has 0 aliphatic carbocycles. The Hall–Kier alpha value is -3.00. The Bertz CT molecular complexity index is 1060. The third kappa shape index (κ3) is 6.24. The molecule has 0 atom stereocenters. The second-order valence-electron chi connectivity index (χ2n) is 7.13. The molecule has 0 radical (unpaired) electrons. The fourth-order valence-electron chi connectivity index (χ4n) is 2.84. The first kappa shape index (κ1) is 22.7. The Morgan fingerprint density at radius 3 is 2.77 bits per heavy atom. The first-order valence-corrected chi connectivity index (χ1v) is 11.3. The minimum Gasteiger partial charge on any atom is -0.490 e. The summed E-state index contributed by atoms with van der Waals surface area (Å²) in [7, 11) is 0. The molecule has 8 heteroatoms. The van der Waals surface area contributed by atoms with E-state index in [9.17, 15) is 4.79 Å². The Morgan fingerprint density at radius 2 is 2.03 bits per heavy atom. The molecule has 7 nitrogen and oxygen atoms in total. The van der Waals surface area contributed by atoms with Crippen LogP contribution in [-0.4, -0.2) is 40.6 Å². The minimum absolute atomic E-state index is 0.293. The first-order valence-electron chi connectivity index (χ1n) is 10.4. The van der Waals surface area contributed by atoms with Crippen molar-refractivity contribution in [2.75, 3.05) is 13.2 Å². The largest absolute Gasteiger partial charge is 0.490 e. The summed E-state index contributed by atoms with van der Waals surface area (Å²) in [5.41, 5.74) is 5.53. The highest BCUT2D eigenvalue weighted by atomic mass is 32.2. The van der Waals surface area contributed by atoms with E-state index in [-0.39, 0.29) is 5.91 Å². The Balaban J connectivity index is 1.67. The summed E-state index contributed by atoms with van der Waals surface area (Å²) in [5.74, 6) is 1.07. The quantitative estimate of drug-likeness (QED) is 0.263. The second kappa shape index (κ2) is 10.9. The number of amides is 1. The number of ether oxygens (including phenoxy) is 2. The van der Waals surface area contributed by atoms with Gasteiger partial charge in [0.2, 0.25) is 0 Å². The average molecular weight is 441 g/mol. The summed E-state index contributed by atoms with van der Waals surface area (Å²) in [6, 6.07) is 10.9. The number of carbonyl (C=O) groups is 1. The average Bonchev–Trinajstić information content (AvgIpc) is 3.14. The molecule has 0 saturated carbocycles. The lowest BCUT2D eigenvalue weighted by Crippen LogP contribution is -2.17. The standard InChI is InChI=1S/C23H28N4O3S/c1-5-11-30-20-10-7-16(12-21(20)29-6-2)14-24-27-22(28)17-8-9-18-19(13-17)26-23(25-18)31-15(3)4/h7-10,12-15H,5-6,11H2,1-4H3,(H,25,26)(H,27,28)/b24-14-. The van der Waals surface area contributed by atoms with E-state index in [2.05, 4.69) is 41.3 Å².